The molecule has 0 unspecified atom stereocenters. The van der Waals surface area contributed by atoms with E-state index >= 15 is 0 Å². The van der Waals surface area contributed by atoms with Crippen LogP contribution in [0.3, 0.4) is 0 Å². The summed E-state index contributed by atoms with van der Waals surface area (Å²) in [5.41, 5.74) is 2.15. The van der Waals surface area contributed by atoms with E-state index in [1.807, 2.05) is 30.3 Å². The Balaban J connectivity index is 1.82. The summed E-state index contributed by atoms with van der Waals surface area (Å²) in [6.07, 6.45) is 1.50. The van der Waals surface area contributed by atoms with E-state index in [0.29, 0.717) is 10.7 Å². The molecule has 116 valence electrons. The van der Waals surface area contributed by atoms with Crippen molar-refractivity contribution in [3.63, 3.8) is 0 Å². The number of halogens is 1. The molecule has 2 aromatic carbocycles. The molecule has 1 aromatic heterocycles. The maximum Gasteiger partial charge on any atom is 0.261 e. The minimum Gasteiger partial charge on any atom is -0.278 e. The highest BCUT2D eigenvalue weighted by Crippen LogP contribution is 2.21. The molecule has 3 rings (SSSR count). The third-order valence-electron chi connectivity index (χ3n) is 3.21. The summed E-state index contributed by atoms with van der Waals surface area (Å²) < 4.78 is 27.1. The van der Waals surface area contributed by atoms with Crippen LogP contribution in [0.2, 0.25) is 5.02 Å². The van der Waals surface area contributed by atoms with E-state index in [2.05, 4.69) is 9.71 Å². The Bertz CT molecular complexity index is 894. The Hall–Kier alpha value is -2.37. The monoisotopic (exact) mass is 344 g/mol. The van der Waals surface area contributed by atoms with Gasteiger partial charge in [-0.25, -0.2) is 8.42 Å². The van der Waals surface area contributed by atoms with Gasteiger partial charge in [-0.3, -0.25) is 9.71 Å². The van der Waals surface area contributed by atoms with E-state index in [9.17, 15) is 8.42 Å². The quantitative estimate of drug-likeness (QED) is 0.771. The first-order valence-corrected chi connectivity index (χ1v) is 8.70. The van der Waals surface area contributed by atoms with Crippen molar-refractivity contribution >= 4 is 27.3 Å². The van der Waals surface area contributed by atoms with Gasteiger partial charge in [0.25, 0.3) is 10.0 Å². The normalized spacial score (nSPS) is 11.2. The SMILES string of the molecule is O=S(=O)(Nc1ccc(-c2ccccc2)nc1)c1ccc(Cl)cc1. The maximum atomic E-state index is 12.3. The second kappa shape index (κ2) is 6.40. The molecule has 23 heavy (non-hydrogen) atoms. The smallest absolute Gasteiger partial charge is 0.261 e. The van der Waals surface area contributed by atoms with E-state index in [1.54, 1.807) is 12.1 Å². The van der Waals surface area contributed by atoms with Gasteiger partial charge in [0.05, 0.1) is 22.5 Å². The average molecular weight is 345 g/mol. The molecular weight excluding hydrogens is 332 g/mol. The zero-order valence-electron chi connectivity index (χ0n) is 12.0. The Kier molecular flexibility index (Phi) is 4.32. The van der Waals surface area contributed by atoms with E-state index < -0.39 is 10.0 Å². The zero-order chi connectivity index (χ0) is 16.3. The van der Waals surface area contributed by atoms with Gasteiger partial charge >= 0.3 is 0 Å². The highest BCUT2D eigenvalue weighted by molar-refractivity contribution is 7.92. The summed E-state index contributed by atoms with van der Waals surface area (Å²) in [5, 5.41) is 0.484. The molecule has 1 heterocycles. The fraction of sp³-hybridized carbons (Fsp3) is 0. The van der Waals surface area contributed by atoms with Gasteiger partial charge in [0, 0.05) is 10.6 Å². The molecule has 0 fully saturated rings. The Morgan fingerprint density at radius 3 is 2.17 bits per heavy atom. The van der Waals surface area contributed by atoms with Crippen molar-refractivity contribution in [3.05, 3.63) is 77.9 Å². The van der Waals surface area contributed by atoms with Gasteiger partial charge in [0.15, 0.2) is 0 Å². The van der Waals surface area contributed by atoms with Crippen LogP contribution >= 0.6 is 11.6 Å². The lowest BCUT2D eigenvalue weighted by molar-refractivity contribution is 0.601. The molecule has 0 spiro atoms. The van der Waals surface area contributed by atoms with Gasteiger partial charge in [0.1, 0.15) is 0 Å². The molecule has 0 radical (unpaired) electrons. The van der Waals surface area contributed by atoms with Crippen molar-refractivity contribution in [2.24, 2.45) is 0 Å². The molecule has 0 amide bonds. The number of aromatic nitrogens is 1. The van der Waals surface area contributed by atoms with Gasteiger partial charge in [-0.05, 0) is 36.4 Å². The summed E-state index contributed by atoms with van der Waals surface area (Å²) in [6.45, 7) is 0. The predicted molar refractivity (Wildman–Crippen MR) is 91.9 cm³/mol. The van der Waals surface area contributed by atoms with Crippen molar-refractivity contribution < 1.29 is 8.42 Å². The van der Waals surface area contributed by atoms with Crippen LogP contribution in [0.15, 0.2) is 77.8 Å². The summed E-state index contributed by atoms with van der Waals surface area (Å²) >= 11 is 5.77. The minimum absolute atomic E-state index is 0.147. The Labute approximate surface area is 139 Å². The van der Waals surface area contributed by atoms with Gasteiger partial charge in [-0.1, -0.05) is 41.9 Å². The lowest BCUT2D eigenvalue weighted by atomic mass is 10.1. The molecule has 1 N–H and O–H groups in total. The Morgan fingerprint density at radius 2 is 1.57 bits per heavy atom. The molecule has 0 aliphatic heterocycles. The third-order valence-corrected chi connectivity index (χ3v) is 4.86. The van der Waals surface area contributed by atoms with Crippen LogP contribution in [-0.4, -0.2) is 13.4 Å². The van der Waals surface area contributed by atoms with Crippen molar-refractivity contribution in [3.8, 4) is 11.3 Å². The van der Waals surface area contributed by atoms with Crippen molar-refractivity contribution in [2.45, 2.75) is 4.90 Å². The Morgan fingerprint density at radius 1 is 0.870 bits per heavy atom. The third kappa shape index (κ3) is 3.70. The van der Waals surface area contributed by atoms with E-state index in [4.69, 9.17) is 11.6 Å². The maximum absolute atomic E-state index is 12.3. The molecular formula is C17H13ClN2O2S. The standard InChI is InChI=1S/C17H13ClN2O2S/c18-14-6-9-16(10-7-14)23(21,22)20-15-8-11-17(19-12-15)13-4-2-1-3-5-13/h1-12,20H. The molecule has 0 bridgehead atoms. The van der Waals surface area contributed by atoms with Crippen molar-refractivity contribution in [2.75, 3.05) is 4.72 Å². The first-order chi connectivity index (χ1) is 11.0. The molecule has 3 aromatic rings. The second-order valence-corrected chi connectivity index (χ2v) is 6.98. The fourth-order valence-electron chi connectivity index (χ4n) is 2.06. The van der Waals surface area contributed by atoms with Crippen LogP contribution in [0.1, 0.15) is 0 Å². The number of nitrogens with one attached hydrogen (secondary N) is 1. The first kappa shape index (κ1) is 15.5. The molecule has 0 aliphatic carbocycles. The largest absolute Gasteiger partial charge is 0.278 e. The van der Waals surface area contributed by atoms with Gasteiger partial charge in [-0.2, -0.15) is 0 Å². The molecule has 4 nitrogen and oxygen atoms in total. The number of anilines is 1. The van der Waals surface area contributed by atoms with Crippen LogP contribution < -0.4 is 4.72 Å². The van der Waals surface area contributed by atoms with Crippen LogP contribution in [0.25, 0.3) is 11.3 Å². The second-order valence-electron chi connectivity index (χ2n) is 4.86. The van der Waals surface area contributed by atoms with E-state index in [0.717, 1.165) is 11.3 Å². The van der Waals surface area contributed by atoms with E-state index in [1.165, 1.54) is 30.5 Å². The van der Waals surface area contributed by atoms with Crippen molar-refractivity contribution in [1.29, 1.82) is 0 Å². The van der Waals surface area contributed by atoms with Gasteiger partial charge in [0.2, 0.25) is 0 Å². The number of rotatable bonds is 4. The number of pyridine rings is 1. The van der Waals surface area contributed by atoms with Crippen LogP contribution in [-0.2, 0) is 10.0 Å². The zero-order valence-corrected chi connectivity index (χ0v) is 13.6. The lowest BCUT2D eigenvalue weighted by Crippen LogP contribution is -2.12. The number of sulfonamides is 1. The van der Waals surface area contributed by atoms with Crippen molar-refractivity contribution in [1.82, 2.24) is 4.98 Å². The fourth-order valence-corrected chi connectivity index (χ4v) is 3.23. The lowest BCUT2D eigenvalue weighted by Gasteiger charge is -2.08. The number of hydrogen-bond acceptors (Lipinski definition) is 3. The predicted octanol–water partition coefficient (Wildman–Crippen LogP) is 4.20. The van der Waals surface area contributed by atoms with Crippen LogP contribution in [0, 0.1) is 0 Å². The summed E-state index contributed by atoms with van der Waals surface area (Å²) in [5.74, 6) is 0. The van der Waals surface area contributed by atoms with Crippen LogP contribution in [0.5, 0.6) is 0 Å². The number of nitrogens with zero attached hydrogens (tertiary/aromatic N) is 1. The first-order valence-electron chi connectivity index (χ1n) is 6.84. The molecule has 6 heteroatoms. The molecule has 0 aliphatic rings. The topological polar surface area (TPSA) is 59.1 Å². The highest BCUT2D eigenvalue weighted by Gasteiger charge is 2.14. The highest BCUT2D eigenvalue weighted by atomic mass is 35.5. The molecule has 0 atom stereocenters. The van der Waals surface area contributed by atoms with E-state index in [-0.39, 0.29) is 4.90 Å². The van der Waals surface area contributed by atoms with Gasteiger partial charge in [-0.15, -0.1) is 0 Å². The summed E-state index contributed by atoms with van der Waals surface area (Å²) in [6, 6.07) is 19.1. The summed E-state index contributed by atoms with van der Waals surface area (Å²) in [4.78, 5) is 4.44. The van der Waals surface area contributed by atoms with Crippen LogP contribution in [0.4, 0.5) is 5.69 Å². The minimum atomic E-state index is -3.66. The molecule has 0 saturated heterocycles. The molecule has 0 saturated carbocycles. The number of hydrogen-bond donors (Lipinski definition) is 1. The van der Waals surface area contributed by atoms with Gasteiger partial charge < -0.3 is 0 Å². The number of benzene rings is 2. The summed E-state index contributed by atoms with van der Waals surface area (Å²) in [7, 11) is -3.66. The average Bonchev–Trinajstić information content (AvgIpc) is 2.56.